The molecule has 0 unspecified atom stereocenters. The van der Waals surface area contributed by atoms with Crippen molar-refractivity contribution >= 4 is 17.6 Å². The molecule has 4 fully saturated rings. The molecule has 36 heavy (non-hydrogen) atoms. The molecule has 4 saturated carbocycles. The highest BCUT2D eigenvalue weighted by Gasteiger charge is 2.50. The van der Waals surface area contributed by atoms with E-state index >= 15 is 0 Å². The molecular formula is C29H31N3O4. The number of carboxylic acids is 1. The molecule has 0 atom stereocenters. The molecule has 0 aliphatic heterocycles. The summed E-state index contributed by atoms with van der Waals surface area (Å²) in [5.74, 6) is 1.96. The van der Waals surface area contributed by atoms with E-state index in [-0.39, 0.29) is 17.2 Å². The van der Waals surface area contributed by atoms with Crippen molar-refractivity contribution in [3.63, 3.8) is 0 Å². The van der Waals surface area contributed by atoms with E-state index in [0.717, 1.165) is 41.9 Å². The summed E-state index contributed by atoms with van der Waals surface area (Å²) in [6.07, 6.45) is 9.91. The third kappa shape index (κ3) is 4.38. The molecular weight excluding hydrogens is 454 g/mol. The van der Waals surface area contributed by atoms with E-state index in [1.54, 1.807) is 36.4 Å². The number of benzene rings is 2. The number of aryl methyl sites for hydroxylation is 1. The Kier molecular flexibility index (Phi) is 5.58. The summed E-state index contributed by atoms with van der Waals surface area (Å²) < 4.78 is 0. The highest BCUT2D eigenvalue weighted by Crippen LogP contribution is 2.61. The molecule has 4 bridgehead atoms. The molecule has 7 nitrogen and oxygen atoms in total. The number of amides is 1. The van der Waals surface area contributed by atoms with Crippen molar-refractivity contribution in [2.75, 3.05) is 5.32 Å². The van der Waals surface area contributed by atoms with E-state index in [9.17, 15) is 19.8 Å². The van der Waals surface area contributed by atoms with Gasteiger partial charge in [0.05, 0.1) is 5.56 Å². The molecule has 0 spiro atoms. The second-order valence-electron chi connectivity index (χ2n) is 11.2. The predicted molar refractivity (Wildman–Crippen MR) is 136 cm³/mol. The first kappa shape index (κ1) is 22.8. The van der Waals surface area contributed by atoms with Crippen LogP contribution in [0.25, 0.3) is 11.4 Å². The van der Waals surface area contributed by atoms with E-state index in [1.807, 2.05) is 0 Å². The van der Waals surface area contributed by atoms with Gasteiger partial charge in [0.15, 0.2) is 0 Å². The Balaban J connectivity index is 1.27. The fraction of sp³-hybridized carbons (Fsp3) is 0.414. The summed E-state index contributed by atoms with van der Waals surface area (Å²) in [5, 5.41) is 21.8. The van der Waals surface area contributed by atoms with Crippen LogP contribution in [0.5, 0.6) is 5.75 Å². The lowest BCUT2D eigenvalue weighted by molar-refractivity contribution is -0.0570. The van der Waals surface area contributed by atoms with Crippen molar-refractivity contribution in [2.45, 2.75) is 51.4 Å². The zero-order valence-corrected chi connectivity index (χ0v) is 20.2. The van der Waals surface area contributed by atoms with Gasteiger partial charge in [-0.3, -0.25) is 4.79 Å². The van der Waals surface area contributed by atoms with Crippen LogP contribution in [0.3, 0.4) is 0 Å². The van der Waals surface area contributed by atoms with Crippen molar-refractivity contribution in [3.8, 4) is 17.1 Å². The van der Waals surface area contributed by atoms with Gasteiger partial charge in [0.1, 0.15) is 17.3 Å². The fourth-order valence-corrected chi connectivity index (χ4v) is 7.44. The first-order chi connectivity index (χ1) is 17.4. The Labute approximate surface area is 210 Å². The number of phenolic OH excluding ortho intramolecular Hbond substituents is 1. The molecule has 4 aliphatic carbocycles. The monoisotopic (exact) mass is 485 g/mol. The SMILES string of the molecule is O=C(O)c1cccc(NC(=O)c2nc(-c3ccc(O)cc3)[nH]c2CCC23CC4CC(CC(C4)C2)C3)c1. The Morgan fingerprint density at radius 3 is 2.31 bits per heavy atom. The van der Waals surface area contributed by atoms with Gasteiger partial charge >= 0.3 is 5.97 Å². The van der Waals surface area contributed by atoms with Crippen molar-refractivity contribution in [2.24, 2.45) is 23.2 Å². The zero-order valence-electron chi connectivity index (χ0n) is 20.2. The van der Waals surface area contributed by atoms with Crippen LogP contribution in [0.1, 0.15) is 71.5 Å². The molecule has 1 amide bonds. The lowest BCUT2D eigenvalue weighted by Gasteiger charge is -2.57. The average Bonchev–Trinajstić information content (AvgIpc) is 3.27. The number of imidazole rings is 1. The third-order valence-electron chi connectivity index (χ3n) is 8.57. The normalized spacial score (nSPS) is 26.2. The molecule has 7 rings (SSSR count). The van der Waals surface area contributed by atoms with Crippen LogP contribution in [0.4, 0.5) is 5.69 Å². The lowest BCUT2D eigenvalue weighted by Crippen LogP contribution is -2.46. The van der Waals surface area contributed by atoms with Crippen LogP contribution in [-0.4, -0.2) is 32.1 Å². The molecule has 2 aromatic carbocycles. The predicted octanol–water partition coefficient (Wildman–Crippen LogP) is 5.88. The van der Waals surface area contributed by atoms with Gasteiger partial charge < -0.3 is 20.5 Å². The third-order valence-corrected chi connectivity index (χ3v) is 8.57. The van der Waals surface area contributed by atoms with Crippen LogP contribution in [0.2, 0.25) is 0 Å². The van der Waals surface area contributed by atoms with Gasteiger partial charge in [-0.05, 0) is 117 Å². The number of carboxylic acid groups (broad SMARTS) is 1. The summed E-state index contributed by atoms with van der Waals surface area (Å²) >= 11 is 0. The molecule has 3 aromatic rings. The number of H-pyrrole nitrogens is 1. The van der Waals surface area contributed by atoms with E-state index in [2.05, 4.69) is 15.3 Å². The maximum atomic E-state index is 13.4. The number of hydrogen-bond donors (Lipinski definition) is 4. The van der Waals surface area contributed by atoms with Crippen molar-refractivity contribution < 1.29 is 19.8 Å². The Bertz CT molecular complexity index is 1280. The average molecular weight is 486 g/mol. The number of rotatable bonds is 7. The number of aromatic hydroxyl groups is 1. The number of aromatic carboxylic acids is 1. The number of aromatic nitrogens is 2. The standard InChI is InChI=1S/C29H31N3O4/c33-23-6-4-20(5-7-23)26-31-24(8-9-29-14-17-10-18(15-29)12-19(11-17)16-29)25(32-26)27(34)30-22-3-1-2-21(13-22)28(35)36/h1-7,13,17-19,33H,8-12,14-16H2,(H,30,34)(H,31,32)(H,35,36). The topological polar surface area (TPSA) is 115 Å². The van der Waals surface area contributed by atoms with Crippen molar-refractivity contribution in [3.05, 3.63) is 65.5 Å². The smallest absolute Gasteiger partial charge is 0.335 e. The van der Waals surface area contributed by atoms with Gasteiger partial charge in [0.2, 0.25) is 0 Å². The van der Waals surface area contributed by atoms with Gasteiger partial charge in [-0.1, -0.05) is 6.07 Å². The Morgan fingerprint density at radius 2 is 1.67 bits per heavy atom. The van der Waals surface area contributed by atoms with Crippen LogP contribution in [-0.2, 0) is 6.42 Å². The van der Waals surface area contributed by atoms with Crippen LogP contribution >= 0.6 is 0 Å². The summed E-state index contributed by atoms with van der Waals surface area (Å²) in [6.45, 7) is 0. The summed E-state index contributed by atoms with van der Waals surface area (Å²) in [4.78, 5) is 32.8. The number of phenols is 1. The summed E-state index contributed by atoms with van der Waals surface area (Å²) in [7, 11) is 0. The molecule has 186 valence electrons. The van der Waals surface area contributed by atoms with E-state index < -0.39 is 5.97 Å². The maximum Gasteiger partial charge on any atom is 0.335 e. The largest absolute Gasteiger partial charge is 0.508 e. The fourth-order valence-electron chi connectivity index (χ4n) is 7.44. The second-order valence-corrected chi connectivity index (χ2v) is 11.2. The van der Waals surface area contributed by atoms with Gasteiger partial charge in [-0.15, -0.1) is 0 Å². The number of aromatic amines is 1. The molecule has 1 heterocycles. The minimum atomic E-state index is -1.04. The van der Waals surface area contributed by atoms with E-state index in [0.29, 0.717) is 22.6 Å². The quantitative estimate of drug-likeness (QED) is 0.333. The first-order valence-electron chi connectivity index (χ1n) is 12.9. The maximum absolute atomic E-state index is 13.4. The first-order valence-corrected chi connectivity index (χ1v) is 12.9. The highest BCUT2D eigenvalue weighted by molar-refractivity contribution is 6.04. The van der Waals surface area contributed by atoms with Crippen molar-refractivity contribution in [1.82, 2.24) is 9.97 Å². The Hall–Kier alpha value is -3.61. The molecule has 4 N–H and O–H groups in total. The molecule has 1 aromatic heterocycles. The van der Waals surface area contributed by atoms with Crippen LogP contribution in [0, 0.1) is 23.2 Å². The molecule has 0 radical (unpaired) electrons. The molecule has 0 saturated heterocycles. The van der Waals surface area contributed by atoms with Gasteiger partial charge in [-0.2, -0.15) is 0 Å². The van der Waals surface area contributed by atoms with Crippen LogP contribution in [0.15, 0.2) is 48.5 Å². The van der Waals surface area contributed by atoms with Gasteiger partial charge in [0, 0.05) is 16.9 Å². The highest BCUT2D eigenvalue weighted by atomic mass is 16.4. The second kappa shape index (κ2) is 8.80. The number of carbonyl (C=O) groups excluding carboxylic acids is 1. The minimum absolute atomic E-state index is 0.113. The lowest BCUT2D eigenvalue weighted by atomic mass is 9.48. The molecule has 4 aliphatic rings. The summed E-state index contributed by atoms with van der Waals surface area (Å²) in [6, 6.07) is 13.0. The van der Waals surface area contributed by atoms with Gasteiger partial charge in [0.25, 0.3) is 5.91 Å². The number of nitrogens with zero attached hydrogens (tertiary/aromatic N) is 1. The molecule has 7 heteroatoms. The van der Waals surface area contributed by atoms with E-state index in [4.69, 9.17) is 0 Å². The number of hydrogen-bond acceptors (Lipinski definition) is 4. The Morgan fingerprint density at radius 1 is 1.00 bits per heavy atom. The number of carbonyl (C=O) groups is 2. The summed E-state index contributed by atoms with van der Waals surface area (Å²) in [5.41, 5.74) is 2.84. The van der Waals surface area contributed by atoms with E-state index in [1.165, 1.54) is 50.7 Å². The number of nitrogens with one attached hydrogen (secondary N) is 2. The van der Waals surface area contributed by atoms with Crippen molar-refractivity contribution in [1.29, 1.82) is 0 Å². The van der Waals surface area contributed by atoms with Crippen LogP contribution < -0.4 is 5.32 Å². The van der Waals surface area contributed by atoms with Gasteiger partial charge in [-0.25, -0.2) is 9.78 Å². The minimum Gasteiger partial charge on any atom is -0.508 e. The number of anilines is 1. The zero-order chi connectivity index (χ0) is 24.9.